The van der Waals surface area contributed by atoms with Crippen LogP contribution in [-0.4, -0.2) is 31.1 Å². The van der Waals surface area contributed by atoms with Gasteiger partial charge >= 0.3 is 0 Å². The second kappa shape index (κ2) is 8.72. The Bertz CT molecular complexity index is 1190. The molecule has 0 bridgehead atoms. The van der Waals surface area contributed by atoms with E-state index >= 15 is 0 Å². The van der Waals surface area contributed by atoms with E-state index in [0.29, 0.717) is 16.0 Å². The minimum Gasteiger partial charge on any atom is -0.274 e. The molecule has 0 N–H and O–H groups in total. The molecule has 30 heavy (non-hydrogen) atoms. The Morgan fingerprint density at radius 3 is 2.73 bits per heavy atom. The number of carbonyl (C=O) groups excluding carboxylic acids is 1. The fraction of sp³-hybridized carbons (Fsp3) is 0.150. The van der Waals surface area contributed by atoms with Crippen LogP contribution in [0.15, 0.2) is 59.1 Å². The van der Waals surface area contributed by atoms with Crippen molar-refractivity contribution in [2.24, 2.45) is 0 Å². The Morgan fingerprint density at radius 2 is 1.97 bits per heavy atom. The molecule has 7 nitrogen and oxygen atoms in total. The fourth-order valence-electron chi connectivity index (χ4n) is 2.87. The average molecular weight is 441 g/mol. The van der Waals surface area contributed by atoms with Crippen LogP contribution in [0.3, 0.4) is 0 Å². The number of para-hydroxylation sites is 2. The van der Waals surface area contributed by atoms with Crippen LogP contribution in [-0.2, 0) is 10.5 Å². The second-order valence-corrected chi connectivity index (χ2v) is 8.15. The fourth-order valence-corrected chi connectivity index (χ4v) is 4.63. The number of tetrazole rings is 1. The SMILES string of the molecule is CC(=O)N(c1nc(CSc2nnnn2-c2ccccc2C)cs1)c1ccccc1F. The van der Waals surface area contributed by atoms with Gasteiger partial charge in [-0.2, -0.15) is 4.68 Å². The standard InChI is InChI=1S/C20H17FN6OS2/c1-13-7-3-5-9-17(13)27-20(23-24-25-27)30-12-15-11-29-19(22-15)26(14(2)28)18-10-6-4-8-16(18)21/h3-11H,12H2,1-2H3. The Labute approximate surface area is 180 Å². The summed E-state index contributed by atoms with van der Waals surface area (Å²) in [7, 11) is 0. The first kappa shape index (κ1) is 20.2. The van der Waals surface area contributed by atoms with Crippen molar-refractivity contribution in [3.05, 3.63) is 71.0 Å². The van der Waals surface area contributed by atoms with Crippen molar-refractivity contribution in [2.75, 3.05) is 4.90 Å². The lowest BCUT2D eigenvalue weighted by Gasteiger charge is -2.18. The van der Waals surface area contributed by atoms with E-state index in [1.807, 2.05) is 36.6 Å². The largest absolute Gasteiger partial charge is 0.274 e. The van der Waals surface area contributed by atoms with Gasteiger partial charge in [0.05, 0.1) is 17.1 Å². The van der Waals surface area contributed by atoms with Gasteiger partial charge in [0.1, 0.15) is 5.82 Å². The van der Waals surface area contributed by atoms with Crippen molar-refractivity contribution in [1.29, 1.82) is 0 Å². The number of halogens is 1. The van der Waals surface area contributed by atoms with E-state index in [-0.39, 0.29) is 11.6 Å². The van der Waals surface area contributed by atoms with Gasteiger partial charge in [-0.3, -0.25) is 9.69 Å². The van der Waals surface area contributed by atoms with Gasteiger partial charge in [0, 0.05) is 18.1 Å². The zero-order valence-corrected chi connectivity index (χ0v) is 17.8. The molecule has 0 saturated heterocycles. The molecule has 0 aliphatic carbocycles. The number of thioether (sulfide) groups is 1. The maximum absolute atomic E-state index is 14.2. The summed E-state index contributed by atoms with van der Waals surface area (Å²) in [6.45, 7) is 3.38. The highest BCUT2D eigenvalue weighted by Gasteiger charge is 2.21. The molecule has 2 aromatic carbocycles. The van der Waals surface area contributed by atoms with E-state index in [4.69, 9.17) is 0 Å². The zero-order chi connectivity index (χ0) is 21.1. The summed E-state index contributed by atoms with van der Waals surface area (Å²) in [5.41, 5.74) is 2.90. The summed E-state index contributed by atoms with van der Waals surface area (Å²) in [6, 6.07) is 14.0. The number of hydrogen-bond donors (Lipinski definition) is 0. The lowest BCUT2D eigenvalue weighted by molar-refractivity contribution is -0.115. The first-order valence-corrected chi connectivity index (χ1v) is 10.9. The van der Waals surface area contributed by atoms with E-state index in [1.165, 1.54) is 41.0 Å². The van der Waals surface area contributed by atoms with Gasteiger partial charge in [-0.1, -0.05) is 42.1 Å². The number of carbonyl (C=O) groups is 1. The molecule has 0 atom stereocenters. The van der Waals surface area contributed by atoms with E-state index < -0.39 is 5.82 Å². The number of anilines is 2. The van der Waals surface area contributed by atoms with Gasteiger partial charge < -0.3 is 0 Å². The van der Waals surface area contributed by atoms with Crippen molar-refractivity contribution in [2.45, 2.75) is 24.8 Å². The van der Waals surface area contributed by atoms with Gasteiger partial charge in [0.15, 0.2) is 5.13 Å². The Kier molecular flexibility index (Phi) is 5.86. The maximum atomic E-state index is 14.2. The number of aromatic nitrogens is 5. The number of aryl methyl sites for hydroxylation is 1. The molecular formula is C20H17FN6OS2. The lowest BCUT2D eigenvalue weighted by Crippen LogP contribution is -2.23. The van der Waals surface area contributed by atoms with Crippen LogP contribution >= 0.6 is 23.1 Å². The number of hydrogen-bond acceptors (Lipinski definition) is 7. The van der Waals surface area contributed by atoms with Gasteiger partial charge in [-0.15, -0.1) is 16.4 Å². The van der Waals surface area contributed by atoms with Crippen LogP contribution in [0.1, 0.15) is 18.2 Å². The van der Waals surface area contributed by atoms with Crippen LogP contribution in [0.5, 0.6) is 0 Å². The van der Waals surface area contributed by atoms with E-state index in [0.717, 1.165) is 16.9 Å². The Morgan fingerprint density at radius 1 is 1.20 bits per heavy atom. The predicted octanol–water partition coefficient (Wildman–Crippen LogP) is 4.54. The first-order valence-electron chi connectivity index (χ1n) is 9.01. The Balaban J connectivity index is 1.54. The first-order chi connectivity index (χ1) is 14.5. The van der Waals surface area contributed by atoms with E-state index in [1.54, 1.807) is 22.9 Å². The molecule has 0 saturated carbocycles. The van der Waals surface area contributed by atoms with Gasteiger partial charge in [0.2, 0.25) is 11.1 Å². The third-order valence-electron chi connectivity index (χ3n) is 4.27. The van der Waals surface area contributed by atoms with Crippen molar-refractivity contribution in [3.8, 4) is 5.69 Å². The summed E-state index contributed by atoms with van der Waals surface area (Å²) >= 11 is 2.72. The number of nitrogens with zero attached hydrogens (tertiary/aromatic N) is 6. The number of thiazole rings is 1. The molecule has 0 aliphatic rings. The molecule has 10 heteroatoms. The van der Waals surface area contributed by atoms with Gasteiger partial charge in [-0.25, -0.2) is 9.37 Å². The minimum atomic E-state index is -0.476. The minimum absolute atomic E-state index is 0.182. The molecule has 0 unspecified atom stereocenters. The summed E-state index contributed by atoms with van der Waals surface area (Å²) in [6.07, 6.45) is 0. The van der Waals surface area contributed by atoms with Crippen LogP contribution in [0, 0.1) is 12.7 Å². The highest BCUT2D eigenvalue weighted by molar-refractivity contribution is 7.98. The molecular weight excluding hydrogens is 423 g/mol. The highest BCUT2D eigenvalue weighted by atomic mass is 32.2. The highest BCUT2D eigenvalue weighted by Crippen LogP contribution is 2.32. The molecule has 1 amide bonds. The summed E-state index contributed by atoms with van der Waals surface area (Å²) in [5, 5.41) is 14.9. The maximum Gasteiger partial charge on any atom is 0.230 e. The molecule has 4 rings (SSSR count). The lowest BCUT2D eigenvalue weighted by atomic mass is 10.2. The topological polar surface area (TPSA) is 76.8 Å². The monoisotopic (exact) mass is 440 g/mol. The van der Waals surface area contributed by atoms with Crippen molar-refractivity contribution >= 4 is 39.8 Å². The molecule has 0 fully saturated rings. The molecule has 2 heterocycles. The van der Waals surface area contributed by atoms with Gasteiger partial charge in [-0.05, 0) is 41.1 Å². The summed E-state index contributed by atoms with van der Waals surface area (Å²) in [5.74, 6) is -0.278. The molecule has 152 valence electrons. The van der Waals surface area contributed by atoms with Crippen LogP contribution in [0.25, 0.3) is 5.69 Å². The average Bonchev–Trinajstić information content (AvgIpc) is 3.38. The third kappa shape index (κ3) is 4.10. The molecule has 0 radical (unpaired) electrons. The van der Waals surface area contributed by atoms with Crippen LogP contribution < -0.4 is 4.90 Å². The summed E-state index contributed by atoms with van der Waals surface area (Å²) in [4.78, 5) is 18.0. The summed E-state index contributed by atoms with van der Waals surface area (Å²) < 4.78 is 15.9. The molecule has 0 spiro atoms. The van der Waals surface area contributed by atoms with Crippen molar-refractivity contribution in [1.82, 2.24) is 25.2 Å². The zero-order valence-electron chi connectivity index (χ0n) is 16.2. The smallest absolute Gasteiger partial charge is 0.230 e. The predicted molar refractivity (Wildman–Crippen MR) is 115 cm³/mol. The number of benzene rings is 2. The quantitative estimate of drug-likeness (QED) is 0.410. The van der Waals surface area contributed by atoms with Crippen molar-refractivity contribution in [3.63, 3.8) is 0 Å². The normalized spacial score (nSPS) is 10.9. The Hall–Kier alpha value is -3.11. The van der Waals surface area contributed by atoms with Crippen LogP contribution in [0.4, 0.5) is 15.2 Å². The van der Waals surface area contributed by atoms with E-state index in [9.17, 15) is 9.18 Å². The second-order valence-electron chi connectivity index (χ2n) is 6.38. The molecule has 2 aromatic heterocycles. The van der Waals surface area contributed by atoms with Crippen molar-refractivity contribution < 1.29 is 9.18 Å². The molecule has 4 aromatic rings. The third-order valence-corrected chi connectivity index (χ3v) is 6.10. The number of rotatable bonds is 6. The molecule has 0 aliphatic heterocycles. The van der Waals surface area contributed by atoms with Gasteiger partial charge in [0.25, 0.3) is 0 Å². The van der Waals surface area contributed by atoms with Crippen LogP contribution in [0.2, 0.25) is 0 Å². The van der Waals surface area contributed by atoms with E-state index in [2.05, 4.69) is 20.5 Å². The number of amides is 1.